The molecule has 0 spiro atoms. The molecule has 1 aromatic heterocycles. The van der Waals surface area contributed by atoms with Crippen molar-refractivity contribution in [2.45, 2.75) is 0 Å². The molecule has 0 saturated heterocycles. The van der Waals surface area contributed by atoms with Crippen LogP contribution in [0, 0.1) is 5.82 Å². The summed E-state index contributed by atoms with van der Waals surface area (Å²) in [6.45, 7) is 3.15. The average molecular weight is 228 g/mol. The summed E-state index contributed by atoms with van der Waals surface area (Å²) in [5, 5.41) is 0. The predicted molar refractivity (Wildman–Crippen MR) is 52.7 cm³/mol. The summed E-state index contributed by atoms with van der Waals surface area (Å²) in [5.74, 6) is -2.47. The molecule has 1 rings (SSSR count). The van der Waals surface area contributed by atoms with Gasteiger partial charge in [-0.1, -0.05) is 12.7 Å². The predicted octanol–water partition coefficient (Wildman–Crippen LogP) is -0.445. The molecule has 0 bridgehead atoms. The number of H-pyrrole nitrogens is 1. The highest BCUT2D eigenvalue weighted by Crippen LogP contribution is 1.98. The van der Waals surface area contributed by atoms with Gasteiger partial charge in [-0.2, -0.15) is 4.39 Å². The van der Waals surface area contributed by atoms with Gasteiger partial charge >= 0.3 is 11.7 Å². The van der Waals surface area contributed by atoms with Gasteiger partial charge in [-0.15, -0.1) is 0 Å². The number of esters is 1. The highest BCUT2D eigenvalue weighted by Gasteiger charge is 2.19. The lowest BCUT2D eigenvalue weighted by Crippen LogP contribution is -2.37. The fourth-order valence-electron chi connectivity index (χ4n) is 0.939. The SMILES string of the molecule is C=CCOC(=O)c1[nH]c(=O)n(C)c(=O)c1F. The summed E-state index contributed by atoms with van der Waals surface area (Å²) >= 11 is 0. The lowest BCUT2D eigenvalue weighted by molar-refractivity contribution is 0.0535. The number of rotatable bonds is 3. The van der Waals surface area contributed by atoms with Crippen LogP contribution in [-0.4, -0.2) is 22.1 Å². The summed E-state index contributed by atoms with van der Waals surface area (Å²) in [7, 11) is 1.09. The van der Waals surface area contributed by atoms with E-state index < -0.39 is 28.7 Å². The van der Waals surface area contributed by atoms with Crippen LogP contribution in [0.4, 0.5) is 4.39 Å². The van der Waals surface area contributed by atoms with E-state index >= 15 is 0 Å². The van der Waals surface area contributed by atoms with Crippen LogP contribution in [0.1, 0.15) is 10.5 Å². The molecular formula is C9H9FN2O4. The summed E-state index contributed by atoms with van der Waals surface area (Å²) in [6, 6.07) is 0. The Hall–Kier alpha value is -2.18. The van der Waals surface area contributed by atoms with Crippen LogP contribution in [0.2, 0.25) is 0 Å². The lowest BCUT2D eigenvalue weighted by Gasteiger charge is -2.03. The number of hydrogen-bond donors (Lipinski definition) is 1. The molecule has 0 amide bonds. The average Bonchev–Trinajstić information content (AvgIpc) is 2.28. The van der Waals surface area contributed by atoms with E-state index in [1.807, 2.05) is 4.98 Å². The Morgan fingerprint density at radius 1 is 1.62 bits per heavy atom. The first-order valence-corrected chi connectivity index (χ1v) is 4.26. The van der Waals surface area contributed by atoms with Crippen LogP contribution in [0.15, 0.2) is 22.2 Å². The Morgan fingerprint density at radius 3 is 2.81 bits per heavy atom. The van der Waals surface area contributed by atoms with Crippen LogP contribution >= 0.6 is 0 Å². The van der Waals surface area contributed by atoms with Crippen molar-refractivity contribution >= 4 is 5.97 Å². The standard InChI is InChI=1S/C9H9FN2O4/c1-3-4-16-8(14)6-5(10)7(13)12(2)9(15)11-6/h3H,1,4H2,2H3,(H,11,15). The topological polar surface area (TPSA) is 81.2 Å². The molecule has 16 heavy (non-hydrogen) atoms. The third-order valence-electron chi connectivity index (χ3n) is 1.78. The number of ether oxygens (including phenoxy) is 1. The molecule has 0 aliphatic heterocycles. The van der Waals surface area contributed by atoms with E-state index in [0.717, 1.165) is 7.05 Å². The maximum absolute atomic E-state index is 13.3. The highest BCUT2D eigenvalue weighted by atomic mass is 19.1. The van der Waals surface area contributed by atoms with E-state index in [-0.39, 0.29) is 6.61 Å². The van der Waals surface area contributed by atoms with Crippen molar-refractivity contribution in [3.8, 4) is 0 Å². The Morgan fingerprint density at radius 2 is 2.25 bits per heavy atom. The Bertz CT molecular complexity index is 543. The van der Waals surface area contributed by atoms with Gasteiger partial charge in [0.2, 0.25) is 5.82 Å². The molecule has 0 atom stereocenters. The van der Waals surface area contributed by atoms with Crippen LogP contribution in [-0.2, 0) is 11.8 Å². The minimum absolute atomic E-state index is 0.143. The Labute approximate surface area is 89.0 Å². The van der Waals surface area contributed by atoms with Crippen molar-refractivity contribution in [2.24, 2.45) is 7.05 Å². The second-order valence-corrected chi connectivity index (χ2v) is 2.87. The molecule has 0 aliphatic rings. The van der Waals surface area contributed by atoms with E-state index in [9.17, 15) is 18.8 Å². The zero-order valence-electron chi connectivity index (χ0n) is 8.45. The van der Waals surface area contributed by atoms with Crippen molar-refractivity contribution in [1.29, 1.82) is 0 Å². The third kappa shape index (κ3) is 2.08. The van der Waals surface area contributed by atoms with E-state index in [0.29, 0.717) is 4.57 Å². The number of halogens is 1. The van der Waals surface area contributed by atoms with Crippen molar-refractivity contribution in [3.63, 3.8) is 0 Å². The van der Waals surface area contributed by atoms with E-state index in [1.165, 1.54) is 6.08 Å². The lowest BCUT2D eigenvalue weighted by atomic mass is 10.4. The van der Waals surface area contributed by atoms with Gasteiger partial charge in [0.1, 0.15) is 6.61 Å². The second-order valence-electron chi connectivity index (χ2n) is 2.87. The summed E-state index contributed by atoms with van der Waals surface area (Å²) in [6.07, 6.45) is 1.27. The van der Waals surface area contributed by atoms with Crippen molar-refractivity contribution < 1.29 is 13.9 Å². The minimum Gasteiger partial charge on any atom is -0.457 e. The smallest absolute Gasteiger partial charge is 0.358 e. The fraction of sp³-hybridized carbons (Fsp3) is 0.222. The van der Waals surface area contributed by atoms with Crippen molar-refractivity contribution in [3.05, 3.63) is 45.0 Å². The molecule has 0 radical (unpaired) electrons. The van der Waals surface area contributed by atoms with E-state index in [4.69, 9.17) is 0 Å². The van der Waals surface area contributed by atoms with Crippen molar-refractivity contribution in [1.82, 2.24) is 9.55 Å². The molecule has 0 unspecified atom stereocenters. The largest absolute Gasteiger partial charge is 0.457 e. The molecule has 1 aromatic rings. The molecule has 1 heterocycles. The molecule has 0 aliphatic carbocycles. The Balaban J connectivity index is 3.26. The van der Waals surface area contributed by atoms with Gasteiger partial charge in [-0.3, -0.25) is 14.3 Å². The number of nitrogens with zero attached hydrogens (tertiary/aromatic N) is 1. The zero-order chi connectivity index (χ0) is 12.3. The van der Waals surface area contributed by atoms with Gasteiger partial charge in [0.25, 0.3) is 5.56 Å². The molecule has 1 N–H and O–H groups in total. The number of hydrogen-bond acceptors (Lipinski definition) is 4. The Kier molecular flexibility index (Phi) is 3.39. The molecule has 0 saturated carbocycles. The zero-order valence-corrected chi connectivity index (χ0v) is 8.45. The molecule has 86 valence electrons. The fourth-order valence-corrected chi connectivity index (χ4v) is 0.939. The molecule has 7 heteroatoms. The van der Waals surface area contributed by atoms with Crippen LogP contribution < -0.4 is 11.2 Å². The van der Waals surface area contributed by atoms with Crippen LogP contribution in [0.5, 0.6) is 0 Å². The van der Waals surface area contributed by atoms with E-state index in [2.05, 4.69) is 11.3 Å². The number of aromatic nitrogens is 2. The second kappa shape index (κ2) is 4.56. The maximum Gasteiger partial charge on any atom is 0.358 e. The molecule has 0 aromatic carbocycles. The molecular weight excluding hydrogens is 219 g/mol. The first-order chi connectivity index (χ1) is 7.49. The monoisotopic (exact) mass is 228 g/mol. The summed E-state index contributed by atoms with van der Waals surface area (Å²) in [4.78, 5) is 35.4. The van der Waals surface area contributed by atoms with Crippen molar-refractivity contribution in [2.75, 3.05) is 6.61 Å². The minimum atomic E-state index is -1.35. The van der Waals surface area contributed by atoms with Gasteiger partial charge in [0.05, 0.1) is 0 Å². The number of nitrogens with one attached hydrogen (secondary N) is 1. The van der Waals surface area contributed by atoms with E-state index in [1.54, 1.807) is 0 Å². The maximum atomic E-state index is 13.3. The quantitative estimate of drug-likeness (QED) is 0.561. The van der Waals surface area contributed by atoms with Gasteiger partial charge in [-0.25, -0.2) is 9.59 Å². The van der Waals surface area contributed by atoms with Gasteiger partial charge < -0.3 is 4.74 Å². The number of aromatic amines is 1. The first kappa shape index (κ1) is 11.9. The summed E-state index contributed by atoms with van der Waals surface area (Å²) in [5.41, 5.74) is -2.86. The summed E-state index contributed by atoms with van der Waals surface area (Å²) < 4.78 is 18.3. The van der Waals surface area contributed by atoms with Crippen LogP contribution in [0.25, 0.3) is 0 Å². The number of carbonyl (C=O) groups is 1. The highest BCUT2D eigenvalue weighted by molar-refractivity contribution is 5.87. The molecule has 6 nitrogen and oxygen atoms in total. The van der Waals surface area contributed by atoms with Crippen LogP contribution in [0.3, 0.4) is 0 Å². The van der Waals surface area contributed by atoms with Gasteiger partial charge in [-0.05, 0) is 0 Å². The molecule has 0 fully saturated rings. The van der Waals surface area contributed by atoms with Gasteiger partial charge in [0, 0.05) is 7.05 Å². The van der Waals surface area contributed by atoms with Gasteiger partial charge in [0.15, 0.2) is 5.69 Å². The third-order valence-corrected chi connectivity index (χ3v) is 1.78. The first-order valence-electron chi connectivity index (χ1n) is 4.26. The number of carbonyl (C=O) groups excluding carboxylic acids is 1. The normalized spacial score (nSPS) is 9.88.